The Labute approximate surface area is 157 Å². The first-order chi connectivity index (χ1) is 13.0. The number of fused-ring (bicyclic) bond motifs is 1. The second-order valence-electron chi connectivity index (χ2n) is 5.91. The minimum Gasteiger partial charge on any atom is -0.337 e. The summed E-state index contributed by atoms with van der Waals surface area (Å²) < 4.78 is 25.5. The molecule has 4 rings (SSSR count). The average molecular weight is 384 g/mol. The molecule has 2 N–H and O–H groups in total. The third kappa shape index (κ3) is 3.43. The average Bonchev–Trinajstić information content (AvgIpc) is 3.25. The summed E-state index contributed by atoms with van der Waals surface area (Å²) in [6.07, 6.45) is -2.69. The summed E-state index contributed by atoms with van der Waals surface area (Å²) in [5.74, 6) is -0.774. The van der Waals surface area contributed by atoms with Gasteiger partial charge in [0.25, 0.3) is 12.3 Å². The van der Waals surface area contributed by atoms with Crippen LogP contribution in [0.15, 0.2) is 48.5 Å². The van der Waals surface area contributed by atoms with Crippen LogP contribution < -0.4 is 5.32 Å². The van der Waals surface area contributed by atoms with Gasteiger partial charge in [-0.3, -0.25) is 10.1 Å². The number of nitrogens with one attached hydrogen (secondary N) is 2. The molecule has 1 amide bonds. The molecule has 8 heteroatoms. The van der Waals surface area contributed by atoms with Crippen LogP contribution in [0.2, 0.25) is 0 Å². The van der Waals surface area contributed by atoms with E-state index in [0.29, 0.717) is 21.7 Å². The molecule has 0 fully saturated rings. The summed E-state index contributed by atoms with van der Waals surface area (Å²) >= 11 is 1.38. The van der Waals surface area contributed by atoms with E-state index in [1.165, 1.54) is 23.5 Å². The smallest absolute Gasteiger partial charge is 0.295 e. The standard InChI is InChI=1S/C19H14F2N4OS/c1-10-15(11-5-3-2-4-6-11)27-19(22-10)25-18(26)12-7-8-13-14(9-12)24-17(23-13)16(20)21/h2-9,16H,1H3,(H,23,24)(H,22,25,26). The minimum atomic E-state index is -2.69. The number of aryl methyl sites for hydroxylation is 1. The Morgan fingerprint density at radius 2 is 1.93 bits per heavy atom. The molecule has 2 aromatic carbocycles. The van der Waals surface area contributed by atoms with Crippen molar-refractivity contribution in [1.29, 1.82) is 0 Å². The summed E-state index contributed by atoms with van der Waals surface area (Å²) in [6, 6.07) is 14.4. The molecular formula is C19H14F2N4OS. The van der Waals surface area contributed by atoms with Crippen molar-refractivity contribution in [3.05, 3.63) is 65.6 Å². The van der Waals surface area contributed by atoms with E-state index in [2.05, 4.69) is 20.3 Å². The summed E-state index contributed by atoms with van der Waals surface area (Å²) in [6.45, 7) is 1.89. The van der Waals surface area contributed by atoms with Gasteiger partial charge in [0, 0.05) is 5.56 Å². The molecule has 0 saturated carbocycles. The highest BCUT2D eigenvalue weighted by molar-refractivity contribution is 7.19. The highest BCUT2D eigenvalue weighted by Crippen LogP contribution is 2.32. The zero-order valence-corrected chi connectivity index (χ0v) is 15.0. The summed E-state index contributed by atoms with van der Waals surface area (Å²) in [5.41, 5.74) is 2.97. The molecule has 0 radical (unpaired) electrons. The lowest BCUT2D eigenvalue weighted by Gasteiger charge is -2.01. The fourth-order valence-electron chi connectivity index (χ4n) is 2.75. The van der Waals surface area contributed by atoms with Gasteiger partial charge in [-0.05, 0) is 30.7 Å². The van der Waals surface area contributed by atoms with E-state index in [4.69, 9.17) is 0 Å². The molecule has 27 heavy (non-hydrogen) atoms. The van der Waals surface area contributed by atoms with Crippen LogP contribution in [0.4, 0.5) is 13.9 Å². The Morgan fingerprint density at radius 3 is 2.67 bits per heavy atom. The van der Waals surface area contributed by atoms with Crippen molar-refractivity contribution >= 4 is 33.4 Å². The van der Waals surface area contributed by atoms with Crippen molar-refractivity contribution in [2.24, 2.45) is 0 Å². The summed E-state index contributed by atoms with van der Waals surface area (Å²) in [5, 5.41) is 3.25. The number of benzene rings is 2. The molecule has 0 aliphatic heterocycles. The summed E-state index contributed by atoms with van der Waals surface area (Å²) in [4.78, 5) is 24.3. The number of rotatable bonds is 4. The van der Waals surface area contributed by atoms with Gasteiger partial charge >= 0.3 is 0 Å². The van der Waals surface area contributed by atoms with Crippen molar-refractivity contribution < 1.29 is 13.6 Å². The molecule has 0 spiro atoms. The molecule has 0 saturated heterocycles. The number of carbonyl (C=O) groups excluding carboxylic acids is 1. The van der Waals surface area contributed by atoms with E-state index < -0.39 is 12.2 Å². The van der Waals surface area contributed by atoms with Gasteiger partial charge in [0.1, 0.15) is 0 Å². The number of amides is 1. The predicted molar refractivity (Wildman–Crippen MR) is 101 cm³/mol. The van der Waals surface area contributed by atoms with Crippen LogP contribution >= 0.6 is 11.3 Å². The maximum Gasteiger partial charge on any atom is 0.295 e. The number of hydrogen-bond acceptors (Lipinski definition) is 4. The Morgan fingerprint density at radius 1 is 1.15 bits per heavy atom. The topological polar surface area (TPSA) is 70.7 Å². The quantitative estimate of drug-likeness (QED) is 0.509. The monoisotopic (exact) mass is 384 g/mol. The highest BCUT2D eigenvalue weighted by Gasteiger charge is 2.16. The number of imidazole rings is 1. The molecule has 2 aromatic heterocycles. The maximum absolute atomic E-state index is 12.8. The number of aromatic amines is 1. The zero-order chi connectivity index (χ0) is 19.0. The van der Waals surface area contributed by atoms with Crippen molar-refractivity contribution in [3.63, 3.8) is 0 Å². The number of thiazole rings is 1. The normalized spacial score (nSPS) is 11.3. The first-order valence-electron chi connectivity index (χ1n) is 8.13. The summed E-state index contributed by atoms with van der Waals surface area (Å²) in [7, 11) is 0. The first-order valence-corrected chi connectivity index (χ1v) is 8.95. The van der Waals surface area contributed by atoms with Gasteiger partial charge in [-0.1, -0.05) is 41.7 Å². The number of hydrogen-bond donors (Lipinski definition) is 2. The lowest BCUT2D eigenvalue weighted by Crippen LogP contribution is -2.11. The number of aromatic nitrogens is 3. The molecule has 0 bridgehead atoms. The van der Waals surface area contributed by atoms with Crippen LogP contribution in [0.25, 0.3) is 21.5 Å². The number of H-pyrrole nitrogens is 1. The van der Waals surface area contributed by atoms with Crippen LogP contribution in [-0.2, 0) is 0 Å². The number of anilines is 1. The van der Waals surface area contributed by atoms with Gasteiger partial charge in [-0.2, -0.15) is 0 Å². The van der Waals surface area contributed by atoms with Crippen molar-refractivity contribution in [2.45, 2.75) is 13.3 Å². The fourth-order valence-corrected chi connectivity index (χ4v) is 3.72. The zero-order valence-electron chi connectivity index (χ0n) is 14.2. The Balaban J connectivity index is 1.58. The molecule has 136 valence electrons. The number of alkyl halides is 2. The minimum absolute atomic E-state index is 0.334. The van der Waals surface area contributed by atoms with Crippen LogP contribution in [0.1, 0.15) is 28.3 Å². The lowest BCUT2D eigenvalue weighted by atomic mass is 10.2. The van der Waals surface area contributed by atoms with Crippen LogP contribution in [-0.4, -0.2) is 20.9 Å². The molecule has 2 heterocycles. The van der Waals surface area contributed by atoms with Crippen LogP contribution in [0.3, 0.4) is 0 Å². The lowest BCUT2D eigenvalue weighted by molar-refractivity contribution is 0.102. The number of carbonyl (C=O) groups is 1. The molecular weight excluding hydrogens is 370 g/mol. The van der Waals surface area contributed by atoms with Crippen LogP contribution in [0.5, 0.6) is 0 Å². The Bertz CT molecular complexity index is 1120. The number of halogens is 2. The van der Waals surface area contributed by atoms with Crippen LogP contribution in [0, 0.1) is 6.92 Å². The van der Waals surface area contributed by atoms with Gasteiger partial charge < -0.3 is 4.98 Å². The van der Waals surface area contributed by atoms with E-state index in [1.807, 2.05) is 37.3 Å². The second kappa shape index (κ2) is 6.88. The predicted octanol–water partition coefficient (Wildman–Crippen LogP) is 5.18. The van der Waals surface area contributed by atoms with Gasteiger partial charge in [0.05, 0.1) is 21.6 Å². The molecule has 0 unspecified atom stereocenters. The maximum atomic E-state index is 12.8. The molecule has 5 nitrogen and oxygen atoms in total. The van der Waals surface area contributed by atoms with E-state index in [1.54, 1.807) is 6.07 Å². The number of nitrogens with zero attached hydrogens (tertiary/aromatic N) is 2. The van der Waals surface area contributed by atoms with Crippen molar-refractivity contribution in [3.8, 4) is 10.4 Å². The van der Waals surface area contributed by atoms with Gasteiger partial charge in [-0.25, -0.2) is 18.7 Å². The largest absolute Gasteiger partial charge is 0.337 e. The van der Waals surface area contributed by atoms with E-state index in [9.17, 15) is 13.6 Å². The highest BCUT2D eigenvalue weighted by atomic mass is 32.1. The van der Waals surface area contributed by atoms with Crippen molar-refractivity contribution in [2.75, 3.05) is 5.32 Å². The Hall–Kier alpha value is -3.13. The molecule has 0 aliphatic carbocycles. The Kier molecular flexibility index (Phi) is 4.41. The van der Waals surface area contributed by atoms with E-state index in [-0.39, 0.29) is 5.91 Å². The van der Waals surface area contributed by atoms with E-state index in [0.717, 1.165) is 16.1 Å². The third-order valence-corrected chi connectivity index (χ3v) is 5.14. The second-order valence-corrected chi connectivity index (χ2v) is 6.91. The van der Waals surface area contributed by atoms with Gasteiger partial charge in [-0.15, -0.1) is 0 Å². The molecule has 0 aliphatic rings. The van der Waals surface area contributed by atoms with Crippen molar-refractivity contribution in [1.82, 2.24) is 15.0 Å². The fraction of sp³-hybridized carbons (Fsp3) is 0.105. The molecule has 0 atom stereocenters. The SMILES string of the molecule is Cc1nc(NC(=O)c2ccc3nc(C(F)F)[nH]c3c2)sc1-c1ccccc1. The molecule has 4 aromatic rings. The van der Waals surface area contributed by atoms with E-state index >= 15 is 0 Å². The third-order valence-electron chi connectivity index (χ3n) is 4.02. The first kappa shape index (κ1) is 17.3. The van der Waals surface area contributed by atoms with Gasteiger partial charge in [0.2, 0.25) is 0 Å². The van der Waals surface area contributed by atoms with Gasteiger partial charge in [0.15, 0.2) is 11.0 Å².